The highest BCUT2D eigenvalue weighted by atomic mass is 28.3. The Bertz CT molecular complexity index is 395. The van der Waals surface area contributed by atoms with Gasteiger partial charge in [-0.2, -0.15) is 0 Å². The van der Waals surface area contributed by atoms with Gasteiger partial charge in [0.1, 0.15) is 5.78 Å². The number of rotatable bonds is 4. The van der Waals surface area contributed by atoms with E-state index in [1.165, 1.54) is 12.3 Å². The lowest BCUT2D eigenvalue weighted by atomic mass is 9.65. The summed E-state index contributed by atoms with van der Waals surface area (Å²) in [5.74, 6) is -0.360. The first-order valence-electron chi connectivity index (χ1n) is 6.92. The molecular formula is C15H26O3Si. The average Bonchev–Trinajstić information content (AvgIpc) is 2.31. The van der Waals surface area contributed by atoms with E-state index >= 15 is 0 Å². The minimum Gasteiger partial charge on any atom is -0.469 e. The van der Waals surface area contributed by atoms with Crippen molar-refractivity contribution in [2.75, 3.05) is 7.11 Å². The van der Waals surface area contributed by atoms with Crippen molar-refractivity contribution >= 4 is 19.8 Å². The molecule has 0 radical (unpaired) electrons. The van der Waals surface area contributed by atoms with Crippen molar-refractivity contribution in [2.45, 2.75) is 52.2 Å². The molecule has 0 unspecified atom stereocenters. The molecule has 1 rings (SSSR count). The molecule has 2 atom stereocenters. The molecule has 19 heavy (non-hydrogen) atoms. The fraction of sp³-hybridized carbons (Fsp3) is 0.733. The SMILES string of the molecule is C=C([C@]1(C)CCCC(=O)[C@H]1CC(=O)OC)[Si](C)(C)C. The van der Waals surface area contributed by atoms with Gasteiger partial charge < -0.3 is 4.74 Å². The first kappa shape index (κ1) is 16.2. The maximum absolute atomic E-state index is 12.3. The summed E-state index contributed by atoms with van der Waals surface area (Å²) in [5, 5.41) is 1.20. The third-order valence-electron chi connectivity index (χ3n) is 4.47. The molecule has 1 fully saturated rings. The van der Waals surface area contributed by atoms with Gasteiger partial charge in [0.2, 0.25) is 0 Å². The Morgan fingerprint density at radius 3 is 2.53 bits per heavy atom. The zero-order valence-corrected chi connectivity index (χ0v) is 13.8. The van der Waals surface area contributed by atoms with E-state index in [0.717, 1.165) is 12.8 Å². The molecule has 3 nitrogen and oxygen atoms in total. The molecule has 1 aliphatic rings. The van der Waals surface area contributed by atoms with Crippen LogP contribution in [0.2, 0.25) is 19.6 Å². The summed E-state index contributed by atoms with van der Waals surface area (Å²) in [6, 6.07) is 0. The number of allylic oxidation sites excluding steroid dienone is 1. The van der Waals surface area contributed by atoms with Gasteiger partial charge in [-0.1, -0.05) is 31.8 Å². The van der Waals surface area contributed by atoms with Gasteiger partial charge >= 0.3 is 5.97 Å². The largest absolute Gasteiger partial charge is 0.469 e. The van der Waals surface area contributed by atoms with Crippen molar-refractivity contribution in [3.63, 3.8) is 0 Å². The number of esters is 1. The lowest BCUT2D eigenvalue weighted by molar-refractivity contribution is -0.146. The summed E-state index contributed by atoms with van der Waals surface area (Å²) in [5.41, 5.74) is -0.242. The Morgan fingerprint density at radius 2 is 2.05 bits per heavy atom. The minimum absolute atomic E-state index is 0.190. The lowest BCUT2D eigenvalue weighted by Gasteiger charge is -2.45. The Labute approximate surface area is 117 Å². The number of ketones is 1. The molecule has 0 aliphatic heterocycles. The molecule has 1 saturated carbocycles. The summed E-state index contributed by atoms with van der Waals surface area (Å²) in [6.45, 7) is 13.1. The van der Waals surface area contributed by atoms with Gasteiger partial charge in [-0.3, -0.25) is 9.59 Å². The molecule has 0 bridgehead atoms. The van der Waals surface area contributed by atoms with Crippen molar-refractivity contribution in [3.8, 4) is 0 Å². The van der Waals surface area contributed by atoms with Gasteiger partial charge in [-0.15, -0.1) is 6.58 Å². The number of Topliss-reactive ketones (excluding diaryl/α,β-unsaturated/α-hetero) is 1. The highest BCUT2D eigenvalue weighted by molar-refractivity contribution is 6.83. The molecule has 108 valence electrons. The van der Waals surface area contributed by atoms with E-state index in [4.69, 9.17) is 4.74 Å². The highest BCUT2D eigenvalue weighted by Gasteiger charge is 2.47. The van der Waals surface area contributed by atoms with Gasteiger partial charge in [0.05, 0.1) is 21.6 Å². The van der Waals surface area contributed by atoms with E-state index in [1.54, 1.807) is 0 Å². The molecule has 0 aromatic heterocycles. The third-order valence-corrected chi connectivity index (χ3v) is 6.85. The standard InChI is InChI=1S/C15H26O3Si/c1-11(19(4,5)6)15(2)9-7-8-13(16)12(15)10-14(17)18-3/h12H,1,7-10H2,2-6H3/t12-,15+/m1/s1. The highest BCUT2D eigenvalue weighted by Crippen LogP contribution is 2.48. The fourth-order valence-corrected chi connectivity index (χ4v) is 5.15. The van der Waals surface area contributed by atoms with E-state index < -0.39 is 8.07 Å². The molecular weight excluding hydrogens is 256 g/mol. The van der Waals surface area contributed by atoms with Crippen LogP contribution in [0.1, 0.15) is 32.6 Å². The molecule has 0 aromatic carbocycles. The summed E-state index contributed by atoms with van der Waals surface area (Å²) < 4.78 is 4.75. The Morgan fingerprint density at radius 1 is 1.47 bits per heavy atom. The second-order valence-electron chi connectivity index (χ2n) is 6.80. The van der Waals surface area contributed by atoms with Crippen LogP contribution in [0.15, 0.2) is 11.8 Å². The quantitative estimate of drug-likeness (QED) is 0.586. The van der Waals surface area contributed by atoms with Crippen molar-refractivity contribution in [2.24, 2.45) is 11.3 Å². The predicted octanol–water partition coefficient (Wildman–Crippen LogP) is 3.36. The van der Waals surface area contributed by atoms with Gasteiger partial charge in [-0.25, -0.2) is 0 Å². The van der Waals surface area contributed by atoms with Crippen LogP contribution in [0.5, 0.6) is 0 Å². The van der Waals surface area contributed by atoms with E-state index in [0.29, 0.717) is 6.42 Å². The Kier molecular flexibility index (Phi) is 4.77. The fourth-order valence-electron chi connectivity index (χ4n) is 3.14. The van der Waals surface area contributed by atoms with E-state index in [1.807, 2.05) is 0 Å². The van der Waals surface area contributed by atoms with Crippen LogP contribution in [0, 0.1) is 11.3 Å². The zero-order chi connectivity index (χ0) is 14.8. The van der Waals surface area contributed by atoms with E-state index in [9.17, 15) is 9.59 Å². The second-order valence-corrected chi connectivity index (χ2v) is 11.9. The molecule has 0 saturated heterocycles. The van der Waals surface area contributed by atoms with Crippen LogP contribution in [0.4, 0.5) is 0 Å². The summed E-state index contributed by atoms with van der Waals surface area (Å²) in [4.78, 5) is 23.9. The second kappa shape index (κ2) is 5.61. The van der Waals surface area contributed by atoms with Crippen LogP contribution >= 0.6 is 0 Å². The number of methoxy groups -OCH3 is 1. The van der Waals surface area contributed by atoms with Crippen molar-refractivity contribution in [1.29, 1.82) is 0 Å². The maximum Gasteiger partial charge on any atom is 0.306 e. The van der Waals surface area contributed by atoms with Gasteiger partial charge in [-0.05, 0) is 18.3 Å². The monoisotopic (exact) mass is 282 g/mol. The number of hydrogen-bond donors (Lipinski definition) is 0. The molecule has 1 aliphatic carbocycles. The predicted molar refractivity (Wildman–Crippen MR) is 79.6 cm³/mol. The normalized spacial score (nSPS) is 28.1. The number of carbonyl (C=O) groups excluding carboxylic acids is 2. The molecule has 0 spiro atoms. The molecule has 0 N–H and O–H groups in total. The van der Waals surface area contributed by atoms with E-state index in [2.05, 4.69) is 33.1 Å². The van der Waals surface area contributed by atoms with Crippen LogP contribution in [0.25, 0.3) is 0 Å². The van der Waals surface area contributed by atoms with Crippen LogP contribution in [0.3, 0.4) is 0 Å². The summed E-state index contributed by atoms with van der Waals surface area (Å²) in [6.07, 6.45) is 2.62. The Hall–Kier alpha value is -0.903. The summed E-state index contributed by atoms with van der Waals surface area (Å²) in [7, 11) is -0.176. The first-order valence-corrected chi connectivity index (χ1v) is 10.4. The first-order chi connectivity index (χ1) is 8.63. The average molecular weight is 282 g/mol. The van der Waals surface area contributed by atoms with Gasteiger partial charge in [0.25, 0.3) is 0 Å². The van der Waals surface area contributed by atoms with Crippen molar-refractivity contribution in [3.05, 3.63) is 11.8 Å². The summed E-state index contributed by atoms with van der Waals surface area (Å²) >= 11 is 0. The smallest absolute Gasteiger partial charge is 0.306 e. The Balaban J connectivity index is 3.08. The van der Waals surface area contributed by atoms with E-state index in [-0.39, 0.29) is 29.5 Å². The third kappa shape index (κ3) is 3.35. The van der Waals surface area contributed by atoms with Crippen LogP contribution in [-0.4, -0.2) is 26.9 Å². The zero-order valence-electron chi connectivity index (χ0n) is 12.8. The molecule has 0 amide bonds. The lowest BCUT2D eigenvalue weighted by Crippen LogP contribution is -2.46. The number of carbonyl (C=O) groups is 2. The molecule has 4 heteroatoms. The molecule has 0 aromatic rings. The van der Waals surface area contributed by atoms with Crippen LogP contribution in [-0.2, 0) is 14.3 Å². The van der Waals surface area contributed by atoms with Gasteiger partial charge in [0.15, 0.2) is 0 Å². The minimum atomic E-state index is -1.55. The van der Waals surface area contributed by atoms with Crippen molar-refractivity contribution < 1.29 is 14.3 Å². The van der Waals surface area contributed by atoms with Gasteiger partial charge in [0, 0.05) is 12.3 Å². The number of ether oxygens (including phenoxy) is 1. The maximum atomic E-state index is 12.3. The molecule has 0 heterocycles. The number of hydrogen-bond acceptors (Lipinski definition) is 3. The van der Waals surface area contributed by atoms with Crippen molar-refractivity contribution in [1.82, 2.24) is 0 Å². The van der Waals surface area contributed by atoms with Crippen LogP contribution < -0.4 is 0 Å². The topological polar surface area (TPSA) is 43.4 Å².